The minimum Gasteiger partial charge on any atom is -0.481 e. The van der Waals surface area contributed by atoms with E-state index >= 15 is 0 Å². The number of aliphatic carboxylic acids is 1. The zero-order valence-corrected chi connectivity index (χ0v) is 13.0. The molecule has 0 bridgehead atoms. The number of benzene rings is 1. The smallest absolute Gasteiger partial charge is 0.306 e. The van der Waals surface area contributed by atoms with Gasteiger partial charge in [0.2, 0.25) is 5.91 Å². The van der Waals surface area contributed by atoms with E-state index in [9.17, 15) is 9.59 Å². The highest BCUT2D eigenvalue weighted by Gasteiger charge is 2.37. The molecule has 2 aliphatic carbocycles. The second-order valence-corrected chi connectivity index (χ2v) is 7.07. The molecule has 0 radical (unpaired) electrons. The molecular weight excluding hydrogens is 278 g/mol. The Bertz CT molecular complexity index is 571. The Hall–Kier alpha value is -1.84. The number of carboxylic acids is 1. The van der Waals surface area contributed by atoms with Crippen LogP contribution in [0.5, 0.6) is 0 Å². The highest BCUT2D eigenvalue weighted by molar-refractivity contribution is 5.81. The van der Waals surface area contributed by atoms with Gasteiger partial charge in [0.1, 0.15) is 0 Å². The van der Waals surface area contributed by atoms with Crippen molar-refractivity contribution in [2.45, 2.75) is 51.0 Å². The molecule has 0 heterocycles. The fraction of sp³-hybridized carbons (Fsp3) is 0.556. The number of carboxylic acid groups (broad SMARTS) is 1. The molecule has 118 valence electrons. The summed E-state index contributed by atoms with van der Waals surface area (Å²) in [5.74, 6) is -1.26. The molecule has 2 unspecified atom stereocenters. The minimum atomic E-state index is -0.767. The Kier molecular flexibility index (Phi) is 3.94. The van der Waals surface area contributed by atoms with Gasteiger partial charge in [0, 0.05) is 11.5 Å². The number of hydrogen-bond donors (Lipinski definition) is 2. The minimum absolute atomic E-state index is 0.0289. The van der Waals surface area contributed by atoms with E-state index in [0.717, 1.165) is 25.7 Å². The summed E-state index contributed by atoms with van der Waals surface area (Å²) in [6.07, 6.45) is 4.50. The summed E-state index contributed by atoms with van der Waals surface area (Å²) in [5.41, 5.74) is 2.37. The summed E-state index contributed by atoms with van der Waals surface area (Å²) in [6.45, 7) is 2.09. The van der Waals surface area contributed by atoms with Crippen LogP contribution >= 0.6 is 0 Å². The van der Waals surface area contributed by atoms with E-state index in [-0.39, 0.29) is 23.3 Å². The number of amides is 1. The quantitative estimate of drug-likeness (QED) is 0.901. The van der Waals surface area contributed by atoms with Gasteiger partial charge in [-0.2, -0.15) is 0 Å². The Labute approximate surface area is 130 Å². The van der Waals surface area contributed by atoms with E-state index < -0.39 is 5.97 Å². The molecule has 1 aromatic rings. The average molecular weight is 301 g/mol. The van der Waals surface area contributed by atoms with Crippen LogP contribution in [0.2, 0.25) is 0 Å². The van der Waals surface area contributed by atoms with E-state index in [4.69, 9.17) is 5.11 Å². The number of carbonyl (C=O) groups is 2. The van der Waals surface area contributed by atoms with Crippen LogP contribution in [0, 0.1) is 11.8 Å². The van der Waals surface area contributed by atoms with Crippen molar-refractivity contribution in [1.29, 1.82) is 0 Å². The maximum Gasteiger partial charge on any atom is 0.306 e. The van der Waals surface area contributed by atoms with E-state index in [2.05, 4.69) is 24.4 Å². The van der Waals surface area contributed by atoms with E-state index in [0.29, 0.717) is 12.8 Å². The molecule has 0 spiro atoms. The molecule has 1 fully saturated rings. The number of nitrogens with one attached hydrogen (secondary N) is 1. The molecule has 4 heteroatoms. The van der Waals surface area contributed by atoms with Crippen LogP contribution in [0.4, 0.5) is 0 Å². The SMILES string of the molecule is CC1(NC(=O)C2CCCC(C(=O)O)C2)Cc2ccccc2C1. The fourth-order valence-electron chi connectivity index (χ4n) is 3.95. The van der Waals surface area contributed by atoms with E-state index in [1.54, 1.807) is 0 Å². The van der Waals surface area contributed by atoms with Crippen molar-refractivity contribution >= 4 is 11.9 Å². The van der Waals surface area contributed by atoms with Gasteiger partial charge in [-0.25, -0.2) is 0 Å². The molecule has 1 amide bonds. The van der Waals surface area contributed by atoms with Gasteiger partial charge in [-0.3, -0.25) is 9.59 Å². The molecular formula is C18H23NO3. The lowest BCUT2D eigenvalue weighted by atomic mass is 9.80. The molecule has 0 aliphatic heterocycles. The number of fused-ring (bicyclic) bond motifs is 1. The second-order valence-electron chi connectivity index (χ2n) is 7.07. The van der Waals surface area contributed by atoms with Crippen molar-refractivity contribution < 1.29 is 14.7 Å². The molecule has 1 aromatic carbocycles. The zero-order valence-electron chi connectivity index (χ0n) is 13.0. The average Bonchev–Trinajstić information content (AvgIpc) is 2.82. The van der Waals surface area contributed by atoms with Gasteiger partial charge in [-0.1, -0.05) is 30.7 Å². The van der Waals surface area contributed by atoms with Gasteiger partial charge in [0.05, 0.1) is 5.92 Å². The van der Waals surface area contributed by atoms with Gasteiger partial charge < -0.3 is 10.4 Å². The van der Waals surface area contributed by atoms with Gasteiger partial charge in [-0.15, -0.1) is 0 Å². The first-order valence-corrected chi connectivity index (χ1v) is 8.08. The zero-order chi connectivity index (χ0) is 15.7. The lowest BCUT2D eigenvalue weighted by Gasteiger charge is -2.31. The highest BCUT2D eigenvalue weighted by Crippen LogP contribution is 2.33. The largest absolute Gasteiger partial charge is 0.481 e. The van der Waals surface area contributed by atoms with Gasteiger partial charge >= 0.3 is 5.97 Å². The molecule has 2 atom stereocenters. The molecule has 1 saturated carbocycles. The summed E-state index contributed by atoms with van der Waals surface area (Å²) in [4.78, 5) is 23.7. The fourth-order valence-corrected chi connectivity index (χ4v) is 3.95. The Morgan fingerprint density at radius 3 is 2.32 bits per heavy atom. The standard InChI is InChI=1S/C18H23NO3/c1-18(10-14-5-2-3-6-15(14)11-18)19-16(20)12-7-4-8-13(9-12)17(21)22/h2-3,5-6,12-13H,4,7-11H2,1H3,(H,19,20)(H,21,22). The summed E-state index contributed by atoms with van der Waals surface area (Å²) in [7, 11) is 0. The third kappa shape index (κ3) is 3.01. The Morgan fingerprint density at radius 1 is 1.14 bits per heavy atom. The summed E-state index contributed by atoms with van der Waals surface area (Å²) in [6, 6.07) is 8.30. The van der Waals surface area contributed by atoms with Crippen molar-refractivity contribution in [3.8, 4) is 0 Å². The van der Waals surface area contributed by atoms with E-state index in [1.165, 1.54) is 11.1 Å². The third-order valence-corrected chi connectivity index (χ3v) is 5.10. The van der Waals surface area contributed by atoms with E-state index in [1.807, 2.05) is 12.1 Å². The van der Waals surface area contributed by atoms with Crippen molar-refractivity contribution in [2.75, 3.05) is 0 Å². The normalized spacial score (nSPS) is 26.2. The van der Waals surface area contributed by atoms with Gasteiger partial charge in [0.25, 0.3) is 0 Å². The first-order valence-electron chi connectivity index (χ1n) is 8.08. The van der Waals surface area contributed by atoms with Crippen LogP contribution in [0.3, 0.4) is 0 Å². The number of carbonyl (C=O) groups excluding carboxylic acids is 1. The van der Waals surface area contributed by atoms with Crippen molar-refractivity contribution in [1.82, 2.24) is 5.32 Å². The van der Waals surface area contributed by atoms with Crippen LogP contribution in [0.25, 0.3) is 0 Å². The predicted molar refractivity (Wildman–Crippen MR) is 83.5 cm³/mol. The summed E-state index contributed by atoms with van der Waals surface area (Å²) in [5, 5.41) is 12.4. The van der Waals surface area contributed by atoms with Crippen LogP contribution in [0.1, 0.15) is 43.7 Å². The molecule has 2 N–H and O–H groups in total. The summed E-state index contributed by atoms with van der Waals surface area (Å²) >= 11 is 0. The molecule has 0 saturated heterocycles. The lowest BCUT2D eigenvalue weighted by molar-refractivity contribution is -0.144. The maximum atomic E-state index is 12.6. The first-order chi connectivity index (χ1) is 10.5. The topological polar surface area (TPSA) is 66.4 Å². The van der Waals surface area contributed by atoms with Crippen LogP contribution in [-0.4, -0.2) is 22.5 Å². The first kappa shape index (κ1) is 15.1. The second kappa shape index (κ2) is 5.75. The van der Waals surface area contributed by atoms with Gasteiger partial charge in [-0.05, 0) is 50.2 Å². The maximum absolute atomic E-state index is 12.6. The number of hydrogen-bond acceptors (Lipinski definition) is 2. The number of rotatable bonds is 3. The van der Waals surface area contributed by atoms with Crippen LogP contribution < -0.4 is 5.32 Å². The predicted octanol–water partition coefficient (Wildman–Crippen LogP) is 2.55. The monoisotopic (exact) mass is 301 g/mol. The van der Waals surface area contributed by atoms with Crippen molar-refractivity contribution in [3.63, 3.8) is 0 Å². The third-order valence-electron chi connectivity index (χ3n) is 5.10. The molecule has 3 rings (SSSR count). The van der Waals surface area contributed by atoms with Crippen LogP contribution in [0.15, 0.2) is 24.3 Å². The highest BCUT2D eigenvalue weighted by atomic mass is 16.4. The molecule has 2 aliphatic rings. The summed E-state index contributed by atoms with van der Waals surface area (Å²) < 4.78 is 0. The van der Waals surface area contributed by atoms with Gasteiger partial charge in [0.15, 0.2) is 0 Å². The van der Waals surface area contributed by atoms with Crippen molar-refractivity contribution in [2.24, 2.45) is 11.8 Å². The molecule has 0 aromatic heterocycles. The van der Waals surface area contributed by atoms with Crippen LogP contribution in [-0.2, 0) is 22.4 Å². The molecule has 4 nitrogen and oxygen atoms in total. The van der Waals surface area contributed by atoms with Crippen molar-refractivity contribution in [3.05, 3.63) is 35.4 Å². The Balaban J connectivity index is 1.64. The Morgan fingerprint density at radius 2 is 1.73 bits per heavy atom. The lowest BCUT2D eigenvalue weighted by Crippen LogP contribution is -2.49. The molecule has 22 heavy (non-hydrogen) atoms.